The second-order valence-electron chi connectivity index (χ2n) is 8.29. The maximum absolute atomic E-state index is 7.03. The third kappa shape index (κ3) is 2.83. The molecule has 3 heteroatoms. The summed E-state index contributed by atoms with van der Waals surface area (Å²) < 4.78 is 6.55. The summed E-state index contributed by atoms with van der Waals surface area (Å²) in [6.07, 6.45) is 15.8. The van der Waals surface area contributed by atoms with Gasteiger partial charge < -0.3 is 0 Å². The fourth-order valence-corrected chi connectivity index (χ4v) is 13.0. The molecule has 0 amide bonds. The molecule has 2 saturated carbocycles. The monoisotopic (exact) mass is 392 g/mol. The molecule has 22 heavy (non-hydrogen) atoms. The van der Waals surface area contributed by atoms with Crippen molar-refractivity contribution < 1.29 is 3.82 Å². The molecule has 1 aliphatic heterocycles. The third-order valence-corrected chi connectivity index (χ3v) is 13.1. The quantitative estimate of drug-likeness (QED) is 0.276. The number of fused-ring (bicyclic) bond motifs is 1. The summed E-state index contributed by atoms with van der Waals surface area (Å²) >= 11 is -2.23. The first-order valence-electron chi connectivity index (χ1n) is 9.25. The Balaban J connectivity index is 1.53. The molecule has 0 aromatic carbocycles. The summed E-state index contributed by atoms with van der Waals surface area (Å²) in [5, 5.41) is 2.24. The van der Waals surface area contributed by atoms with Gasteiger partial charge in [-0.25, -0.2) is 0 Å². The van der Waals surface area contributed by atoms with Gasteiger partial charge in [-0.05, 0) is 0 Å². The molecule has 128 valence electrons. The molecule has 1 spiro atoms. The molecular formula is C19H33ClOSe. The van der Waals surface area contributed by atoms with Crippen molar-refractivity contribution >= 4 is 22.4 Å². The predicted octanol–water partition coefficient (Wildman–Crippen LogP) is 6.42. The Bertz CT molecular complexity index is 435. The van der Waals surface area contributed by atoms with E-state index in [4.69, 9.17) is 13.9 Å². The third-order valence-electron chi connectivity index (χ3n) is 6.86. The van der Waals surface area contributed by atoms with Crippen LogP contribution in [-0.2, 0) is 3.82 Å². The minimum absolute atomic E-state index is 0.425. The first-order valence-corrected chi connectivity index (χ1v) is 14.6. The number of allylic oxidation sites excluding steroid dienone is 2. The van der Waals surface area contributed by atoms with Crippen molar-refractivity contribution in [1.29, 1.82) is 0 Å². The molecule has 0 aromatic rings. The summed E-state index contributed by atoms with van der Waals surface area (Å²) in [6.45, 7) is 7.23. The van der Waals surface area contributed by atoms with Crippen LogP contribution in [0.5, 0.6) is 0 Å². The number of hydrogen-bond donors (Lipinski definition) is 0. The second kappa shape index (κ2) is 6.43. The van der Waals surface area contributed by atoms with Crippen LogP contribution in [0.1, 0.15) is 72.1 Å². The topological polar surface area (TPSA) is 9.23 Å². The van der Waals surface area contributed by atoms with E-state index in [1.165, 1.54) is 56.7 Å². The Labute approximate surface area is 144 Å². The van der Waals surface area contributed by atoms with Crippen LogP contribution in [0.3, 0.4) is 0 Å². The molecule has 3 rings (SSSR count). The Morgan fingerprint density at radius 2 is 2.05 bits per heavy atom. The molecule has 3 aliphatic rings. The zero-order chi connectivity index (χ0) is 15.8. The zero-order valence-corrected chi connectivity index (χ0v) is 17.0. The van der Waals surface area contributed by atoms with E-state index in [9.17, 15) is 0 Å². The minimum atomic E-state index is -2.23. The molecular weight excluding hydrogens is 359 g/mol. The fourth-order valence-electron chi connectivity index (χ4n) is 5.22. The molecule has 1 nitrogen and oxygen atoms in total. The molecule has 3 fully saturated rings. The van der Waals surface area contributed by atoms with E-state index in [0.29, 0.717) is 16.9 Å². The molecule has 1 saturated heterocycles. The summed E-state index contributed by atoms with van der Waals surface area (Å²) in [5.74, 6) is 0.879. The van der Waals surface area contributed by atoms with Gasteiger partial charge in [0.05, 0.1) is 0 Å². The number of unbranched alkanes of at least 4 members (excludes halogenated alkanes) is 4. The van der Waals surface area contributed by atoms with Crippen LogP contribution in [0.4, 0.5) is 0 Å². The van der Waals surface area contributed by atoms with Gasteiger partial charge in [0.15, 0.2) is 0 Å². The van der Waals surface area contributed by atoms with Crippen LogP contribution < -0.4 is 0 Å². The average Bonchev–Trinajstić information content (AvgIpc) is 2.97. The van der Waals surface area contributed by atoms with Gasteiger partial charge in [-0.1, -0.05) is 0 Å². The molecule has 0 aromatic heterocycles. The van der Waals surface area contributed by atoms with Crippen molar-refractivity contribution in [2.24, 2.45) is 16.7 Å². The van der Waals surface area contributed by atoms with Crippen molar-refractivity contribution in [3.63, 3.8) is 0 Å². The van der Waals surface area contributed by atoms with Crippen molar-refractivity contribution in [1.82, 2.24) is 0 Å². The van der Waals surface area contributed by atoms with E-state index in [1.807, 2.05) is 0 Å². The molecule has 1 unspecified atom stereocenters. The van der Waals surface area contributed by atoms with Gasteiger partial charge in [-0.15, -0.1) is 0 Å². The van der Waals surface area contributed by atoms with E-state index in [2.05, 4.69) is 32.9 Å². The molecule has 2 aliphatic carbocycles. The first-order chi connectivity index (χ1) is 10.4. The Hall–Kier alpha value is 0.509. The first kappa shape index (κ1) is 17.3. The normalized spacial score (nSPS) is 45.3. The van der Waals surface area contributed by atoms with Crippen LogP contribution in [0.15, 0.2) is 12.2 Å². The Kier molecular flexibility index (Phi) is 5.07. The van der Waals surface area contributed by atoms with Crippen molar-refractivity contribution in [3.05, 3.63) is 12.2 Å². The molecule has 0 N–H and O–H groups in total. The predicted molar refractivity (Wildman–Crippen MR) is 97.5 cm³/mol. The van der Waals surface area contributed by atoms with Gasteiger partial charge in [0.1, 0.15) is 0 Å². The summed E-state index contributed by atoms with van der Waals surface area (Å²) in [4.78, 5) is 0. The van der Waals surface area contributed by atoms with E-state index in [0.717, 1.165) is 11.2 Å². The fraction of sp³-hybridized carbons (Fsp3) is 0.895. The van der Waals surface area contributed by atoms with Gasteiger partial charge in [-0.3, -0.25) is 0 Å². The standard InChI is InChI=1S/C19H33ClOSe/c1-4-5-6-7-8-9-10-13-22(20)15-19-12-11-16(18(19,2)3)14-17(19)21-22/h9-10,16-17H,4-8,11-15H2,1-3H3/b10-9+/t16-,17-,19-/m1/s1. The Morgan fingerprint density at radius 3 is 2.73 bits per heavy atom. The van der Waals surface area contributed by atoms with Crippen LogP contribution in [-0.4, -0.2) is 18.4 Å². The molecule has 1 heterocycles. The maximum atomic E-state index is 7.03. The second-order valence-corrected chi connectivity index (χ2v) is 15.9. The van der Waals surface area contributed by atoms with Gasteiger partial charge in [0.2, 0.25) is 0 Å². The Morgan fingerprint density at radius 1 is 1.23 bits per heavy atom. The van der Waals surface area contributed by atoms with E-state index >= 15 is 0 Å². The SMILES string of the molecule is CCCCCC/C=C/C[Se]1(Cl)C[C@]23CC[C@H](C[C@H]2O1)C3(C)C. The number of hydrogen-bond acceptors (Lipinski definition) is 1. The van der Waals surface area contributed by atoms with Gasteiger partial charge in [-0.2, -0.15) is 0 Å². The van der Waals surface area contributed by atoms with Crippen LogP contribution in [0.2, 0.25) is 10.6 Å². The molecule has 0 radical (unpaired) electrons. The van der Waals surface area contributed by atoms with Crippen LogP contribution >= 0.6 is 10.1 Å². The van der Waals surface area contributed by atoms with Crippen LogP contribution in [0.25, 0.3) is 0 Å². The van der Waals surface area contributed by atoms with Gasteiger partial charge >= 0.3 is 144 Å². The van der Waals surface area contributed by atoms with Crippen molar-refractivity contribution in [3.8, 4) is 0 Å². The van der Waals surface area contributed by atoms with E-state index < -0.39 is 12.3 Å². The zero-order valence-electron chi connectivity index (χ0n) is 14.6. The van der Waals surface area contributed by atoms with Crippen molar-refractivity contribution in [2.75, 3.05) is 0 Å². The van der Waals surface area contributed by atoms with Gasteiger partial charge in [0.25, 0.3) is 0 Å². The van der Waals surface area contributed by atoms with E-state index in [1.54, 1.807) is 0 Å². The average molecular weight is 392 g/mol. The summed E-state index contributed by atoms with van der Waals surface area (Å²) in [7, 11) is 7.03. The van der Waals surface area contributed by atoms with E-state index in [-0.39, 0.29) is 0 Å². The van der Waals surface area contributed by atoms with Gasteiger partial charge in [0, 0.05) is 0 Å². The molecule has 2 bridgehead atoms. The summed E-state index contributed by atoms with van der Waals surface area (Å²) in [6, 6.07) is 0. The van der Waals surface area contributed by atoms with Crippen molar-refractivity contribution in [2.45, 2.75) is 88.9 Å². The number of halogens is 1. The van der Waals surface area contributed by atoms with Crippen LogP contribution in [0, 0.1) is 16.7 Å². The molecule has 4 atom stereocenters. The number of rotatable bonds is 7. The summed E-state index contributed by atoms with van der Waals surface area (Å²) in [5.41, 5.74) is 0.879.